The minimum atomic E-state index is -0.442. The number of hydrogen-bond donors (Lipinski definition) is 0. The summed E-state index contributed by atoms with van der Waals surface area (Å²) in [5.74, 6) is -0.365. The number of carbonyl (C=O) groups excluding carboxylic acids is 1. The maximum atomic E-state index is 13.8. The highest BCUT2D eigenvalue weighted by Crippen LogP contribution is 2.34. The lowest BCUT2D eigenvalue weighted by Gasteiger charge is -2.28. The topological polar surface area (TPSA) is 88.8 Å². The summed E-state index contributed by atoms with van der Waals surface area (Å²) in [7, 11) is 0. The first-order valence-electron chi connectivity index (χ1n) is 11.0. The van der Waals surface area contributed by atoms with Gasteiger partial charge in [0.25, 0.3) is 11.6 Å². The van der Waals surface area contributed by atoms with Gasteiger partial charge in [0.05, 0.1) is 34.9 Å². The number of benzene rings is 3. The van der Waals surface area contributed by atoms with E-state index in [2.05, 4.69) is 4.98 Å². The molecule has 178 valence electrons. The van der Waals surface area contributed by atoms with Gasteiger partial charge in [-0.3, -0.25) is 19.8 Å². The van der Waals surface area contributed by atoms with Crippen LogP contribution in [0.5, 0.6) is 0 Å². The van der Waals surface area contributed by atoms with E-state index < -0.39 is 4.92 Å². The molecule has 0 aliphatic carbocycles. The summed E-state index contributed by atoms with van der Waals surface area (Å²) in [5.41, 5.74) is 2.25. The monoisotopic (exact) mass is 508 g/mol. The number of morpholine rings is 1. The van der Waals surface area contributed by atoms with E-state index >= 15 is 0 Å². The lowest BCUT2D eigenvalue weighted by atomic mass is 10.1. The lowest BCUT2D eigenvalue weighted by molar-refractivity contribution is -0.384. The molecule has 1 fully saturated rings. The standard InChI is InChI=1S/C25H21ClN4O4S/c26-19-7-8-20-23(15-19)35-25(27-20)29(16-17-4-2-1-3-5-17)24(31)18-6-9-21(22(14-18)30(32)33)28-10-12-34-13-11-28/h1-9,14-15H,10-13,16H2. The molecule has 10 heteroatoms. The fourth-order valence-electron chi connectivity index (χ4n) is 4.02. The number of rotatable bonds is 6. The average Bonchev–Trinajstić information content (AvgIpc) is 3.30. The van der Waals surface area contributed by atoms with Gasteiger partial charge in [0, 0.05) is 29.7 Å². The Labute approximate surface area is 210 Å². The van der Waals surface area contributed by atoms with Crippen LogP contribution in [0.2, 0.25) is 5.02 Å². The first-order valence-corrected chi connectivity index (χ1v) is 12.2. The summed E-state index contributed by atoms with van der Waals surface area (Å²) >= 11 is 7.50. The molecule has 0 spiro atoms. The van der Waals surface area contributed by atoms with Crippen molar-refractivity contribution in [3.63, 3.8) is 0 Å². The van der Waals surface area contributed by atoms with Crippen molar-refractivity contribution < 1.29 is 14.5 Å². The molecular formula is C25H21ClN4O4S. The van der Waals surface area contributed by atoms with Crippen molar-refractivity contribution in [2.45, 2.75) is 6.54 Å². The smallest absolute Gasteiger partial charge is 0.293 e. The highest BCUT2D eigenvalue weighted by Gasteiger charge is 2.27. The molecule has 35 heavy (non-hydrogen) atoms. The van der Waals surface area contributed by atoms with Crippen LogP contribution in [0.25, 0.3) is 10.2 Å². The number of anilines is 2. The van der Waals surface area contributed by atoms with E-state index in [-0.39, 0.29) is 23.7 Å². The Balaban J connectivity index is 1.54. The number of aromatic nitrogens is 1. The van der Waals surface area contributed by atoms with Crippen molar-refractivity contribution in [2.24, 2.45) is 0 Å². The summed E-state index contributed by atoms with van der Waals surface area (Å²) in [6.07, 6.45) is 0. The Morgan fingerprint density at radius 3 is 2.63 bits per heavy atom. The lowest BCUT2D eigenvalue weighted by Crippen LogP contribution is -2.36. The van der Waals surface area contributed by atoms with Crippen LogP contribution >= 0.6 is 22.9 Å². The highest BCUT2D eigenvalue weighted by atomic mass is 35.5. The van der Waals surface area contributed by atoms with Crippen LogP contribution in [0.15, 0.2) is 66.7 Å². The molecular weight excluding hydrogens is 488 g/mol. The largest absolute Gasteiger partial charge is 0.378 e. The average molecular weight is 509 g/mol. The second-order valence-electron chi connectivity index (χ2n) is 8.05. The van der Waals surface area contributed by atoms with E-state index in [1.807, 2.05) is 47.4 Å². The summed E-state index contributed by atoms with van der Waals surface area (Å²) in [5, 5.41) is 13.0. The number of ether oxygens (including phenoxy) is 1. The van der Waals surface area contributed by atoms with Crippen molar-refractivity contribution in [3.8, 4) is 0 Å². The minimum Gasteiger partial charge on any atom is -0.378 e. The summed E-state index contributed by atoms with van der Waals surface area (Å²) in [6, 6.07) is 19.6. The van der Waals surface area contributed by atoms with E-state index in [4.69, 9.17) is 16.3 Å². The second kappa shape index (κ2) is 9.99. The molecule has 5 rings (SSSR count). The molecule has 1 saturated heterocycles. The van der Waals surface area contributed by atoms with Gasteiger partial charge >= 0.3 is 0 Å². The molecule has 8 nitrogen and oxygen atoms in total. The zero-order valence-electron chi connectivity index (χ0n) is 18.6. The Kier molecular flexibility index (Phi) is 6.63. The van der Waals surface area contributed by atoms with Gasteiger partial charge in [0.2, 0.25) is 0 Å². The molecule has 4 aromatic rings. The normalized spacial score (nSPS) is 13.7. The number of hydrogen-bond acceptors (Lipinski definition) is 7. The summed E-state index contributed by atoms with van der Waals surface area (Å²) < 4.78 is 6.22. The van der Waals surface area contributed by atoms with E-state index in [0.717, 1.165) is 15.8 Å². The van der Waals surface area contributed by atoms with Crippen molar-refractivity contribution >= 4 is 55.6 Å². The maximum absolute atomic E-state index is 13.8. The third kappa shape index (κ3) is 4.97. The van der Waals surface area contributed by atoms with E-state index in [0.29, 0.717) is 42.1 Å². The fourth-order valence-corrected chi connectivity index (χ4v) is 5.26. The van der Waals surface area contributed by atoms with Crippen LogP contribution in [0.3, 0.4) is 0 Å². The maximum Gasteiger partial charge on any atom is 0.293 e. The molecule has 0 bridgehead atoms. The van der Waals surface area contributed by atoms with Crippen LogP contribution in [0.4, 0.5) is 16.5 Å². The quantitative estimate of drug-likeness (QED) is 0.251. The van der Waals surface area contributed by atoms with E-state index in [1.54, 1.807) is 23.1 Å². The molecule has 1 amide bonds. The fraction of sp³-hybridized carbons (Fsp3) is 0.200. The van der Waals surface area contributed by atoms with Crippen molar-refractivity contribution in [1.29, 1.82) is 0 Å². The number of fused-ring (bicyclic) bond motifs is 1. The molecule has 2 heterocycles. The molecule has 0 saturated carbocycles. The molecule has 1 aromatic heterocycles. The first-order chi connectivity index (χ1) is 17.0. The molecule has 1 aliphatic rings. The SMILES string of the molecule is O=C(c1ccc(N2CCOCC2)c([N+](=O)[O-])c1)N(Cc1ccccc1)c1nc2ccc(Cl)cc2s1. The third-order valence-electron chi connectivity index (χ3n) is 5.77. The van der Waals surface area contributed by atoms with Gasteiger partial charge in [-0.2, -0.15) is 0 Å². The molecule has 3 aromatic carbocycles. The number of nitrogens with zero attached hydrogens (tertiary/aromatic N) is 4. The predicted molar refractivity (Wildman–Crippen MR) is 138 cm³/mol. The van der Waals surface area contributed by atoms with Crippen LogP contribution in [0.1, 0.15) is 15.9 Å². The highest BCUT2D eigenvalue weighted by molar-refractivity contribution is 7.22. The number of halogens is 1. The number of carbonyl (C=O) groups is 1. The zero-order valence-corrected chi connectivity index (χ0v) is 20.2. The van der Waals surface area contributed by atoms with Crippen LogP contribution in [-0.4, -0.2) is 42.1 Å². The summed E-state index contributed by atoms with van der Waals surface area (Å²) in [6.45, 7) is 2.39. The van der Waals surface area contributed by atoms with Gasteiger partial charge in [-0.15, -0.1) is 0 Å². The van der Waals surface area contributed by atoms with Gasteiger partial charge in [0.1, 0.15) is 5.69 Å². The Morgan fingerprint density at radius 1 is 1.11 bits per heavy atom. The zero-order chi connectivity index (χ0) is 24.4. The molecule has 1 aliphatic heterocycles. The Morgan fingerprint density at radius 2 is 1.89 bits per heavy atom. The van der Waals surface area contributed by atoms with Crippen LogP contribution in [0, 0.1) is 10.1 Å². The van der Waals surface area contributed by atoms with Crippen molar-refractivity contribution in [2.75, 3.05) is 36.1 Å². The number of nitro benzene ring substituents is 1. The van der Waals surface area contributed by atoms with E-state index in [1.165, 1.54) is 17.4 Å². The van der Waals surface area contributed by atoms with Gasteiger partial charge in [-0.25, -0.2) is 4.98 Å². The van der Waals surface area contributed by atoms with Gasteiger partial charge < -0.3 is 9.64 Å². The molecule has 0 unspecified atom stereocenters. The minimum absolute atomic E-state index is 0.103. The number of amides is 1. The molecule has 0 N–H and O–H groups in total. The van der Waals surface area contributed by atoms with Crippen LogP contribution < -0.4 is 9.80 Å². The first kappa shape index (κ1) is 23.2. The van der Waals surface area contributed by atoms with Gasteiger partial charge in [-0.1, -0.05) is 53.3 Å². The molecule has 0 radical (unpaired) electrons. The summed E-state index contributed by atoms with van der Waals surface area (Å²) in [4.78, 5) is 33.4. The number of thiazole rings is 1. The molecule has 0 atom stereocenters. The van der Waals surface area contributed by atoms with Crippen molar-refractivity contribution in [1.82, 2.24) is 4.98 Å². The van der Waals surface area contributed by atoms with Gasteiger partial charge in [0.15, 0.2) is 5.13 Å². The second-order valence-corrected chi connectivity index (χ2v) is 9.49. The van der Waals surface area contributed by atoms with Crippen LogP contribution in [-0.2, 0) is 11.3 Å². The van der Waals surface area contributed by atoms with Gasteiger partial charge in [-0.05, 0) is 35.9 Å². The predicted octanol–water partition coefficient (Wildman–Crippen LogP) is 5.54. The van der Waals surface area contributed by atoms with E-state index in [9.17, 15) is 14.9 Å². The Bertz CT molecular complexity index is 1390. The van der Waals surface area contributed by atoms with Crippen molar-refractivity contribution in [3.05, 3.63) is 93.0 Å². The number of nitro groups is 1. The Hall–Kier alpha value is -3.53. The third-order valence-corrected chi connectivity index (χ3v) is 7.05.